The standard InChI is InChI=1S/C11H9NO2/c13-10-7-14-9-5-1-3-8-4-2-6-12(10)11(8)9/h1-5H,6-7H2. The van der Waals surface area contributed by atoms with Gasteiger partial charge in [0.1, 0.15) is 5.75 Å². The van der Waals surface area contributed by atoms with Gasteiger partial charge in [-0.1, -0.05) is 24.3 Å². The van der Waals surface area contributed by atoms with Gasteiger partial charge in [-0.05, 0) is 6.07 Å². The topological polar surface area (TPSA) is 29.5 Å². The van der Waals surface area contributed by atoms with E-state index in [1.807, 2.05) is 30.4 Å². The first-order valence-corrected chi connectivity index (χ1v) is 4.59. The number of benzene rings is 1. The third-order valence-corrected chi connectivity index (χ3v) is 2.54. The summed E-state index contributed by atoms with van der Waals surface area (Å²) in [5, 5.41) is 0. The third-order valence-electron chi connectivity index (χ3n) is 2.54. The van der Waals surface area contributed by atoms with Crippen LogP contribution in [0.15, 0.2) is 24.3 Å². The number of hydrogen-bond donors (Lipinski definition) is 0. The average molecular weight is 187 g/mol. The number of carbonyl (C=O) groups is 1. The Labute approximate surface area is 81.6 Å². The monoisotopic (exact) mass is 187 g/mol. The maximum atomic E-state index is 11.5. The Morgan fingerprint density at radius 3 is 3.21 bits per heavy atom. The van der Waals surface area contributed by atoms with Crippen LogP contribution in [0.4, 0.5) is 5.69 Å². The van der Waals surface area contributed by atoms with Crippen molar-refractivity contribution in [1.29, 1.82) is 0 Å². The highest BCUT2D eigenvalue weighted by Crippen LogP contribution is 2.37. The zero-order valence-electron chi connectivity index (χ0n) is 7.56. The fraction of sp³-hybridized carbons (Fsp3) is 0.182. The van der Waals surface area contributed by atoms with Crippen molar-refractivity contribution in [3.05, 3.63) is 29.8 Å². The van der Waals surface area contributed by atoms with Crippen LogP contribution in [-0.4, -0.2) is 19.1 Å². The van der Waals surface area contributed by atoms with Crippen molar-refractivity contribution < 1.29 is 9.53 Å². The summed E-state index contributed by atoms with van der Waals surface area (Å²) >= 11 is 0. The van der Waals surface area contributed by atoms with Gasteiger partial charge < -0.3 is 9.64 Å². The summed E-state index contributed by atoms with van der Waals surface area (Å²) in [4.78, 5) is 13.3. The van der Waals surface area contributed by atoms with E-state index in [4.69, 9.17) is 4.74 Å². The van der Waals surface area contributed by atoms with Crippen molar-refractivity contribution in [2.24, 2.45) is 0 Å². The number of amides is 1. The molecule has 1 amide bonds. The van der Waals surface area contributed by atoms with Gasteiger partial charge >= 0.3 is 0 Å². The van der Waals surface area contributed by atoms with Crippen LogP contribution in [0.5, 0.6) is 5.75 Å². The Balaban J connectivity index is 2.27. The lowest BCUT2D eigenvalue weighted by molar-refractivity contribution is -0.121. The lowest BCUT2D eigenvalue weighted by Crippen LogP contribution is -2.40. The summed E-state index contributed by atoms with van der Waals surface area (Å²) in [5.41, 5.74) is 1.98. The second kappa shape index (κ2) is 2.61. The highest BCUT2D eigenvalue weighted by Gasteiger charge is 2.27. The summed E-state index contributed by atoms with van der Waals surface area (Å²) in [6.07, 6.45) is 4.02. The van der Waals surface area contributed by atoms with Gasteiger partial charge in [0, 0.05) is 12.1 Å². The smallest absolute Gasteiger partial charge is 0.265 e. The molecule has 3 nitrogen and oxygen atoms in total. The summed E-state index contributed by atoms with van der Waals surface area (Å²) < 4.78 is 5.36. The minimum absolute atomic E-state index is 0.0364. The van der Waals surface area contributed by atoms with Gasteiger partial charge in [-0.2, -0.15) is 0 Å². The van der Waals surface area contributed by atoms with Gasteiger partial charge in [-0.15, -0.1) is 0 Å². The summed E-state index contributed by atoms with van der Waals surface area (Å²) in [6, 6.07) is 5.83. The van der Waals surface area contributed by atoms with Gasteiger partial charge in [0.25, 0.3) is 5.91 Å². The first-order valence-electron chi connectivity index (χ1n) is 4.59. The molecule has 2 aliphatic rings. The van der Waals surface area contributed by atoms with E-state index in [2.05, 4.69) is 0 Å². The van der Waals surface area contributed by atoms with E-state index in [0.717, 1.165) is 17.0 Å². The van der Waals surface area contributed by atoms with Crippen LogP contribution < -0.4 is 9.64 Å². The molecule has 1 aromatic carbocycles. The molecular formula is C11H9NO2. The van der Waals surface area contributed by atoms with Crippen molar-refractivity contribution in [2.45, 2.75) is 0 Å². The van der Waals surface area contributed by atoms with Crippen LogP contribution in [0.3, 0.4) is 0 Å². The second-order valence-electron chi connectivity index (χ2n) is 3.39. The number of nitrogens with zero attached hydrogens (tertiary/aromatic N) is 1. The van der Waals surface area contributed by atoms with Crippen LogP contribution in [0, 0.1) is 0 Å². The predicted octanol–water partition coefficient (Wildman–Crippen LogP) is 1.44. The van der Waals surface area contributed by atoms with E-state index < -0.39 is 0 Å². The normalized spacial score (nSPS) is 17.7. The zero-order valence-corrected chi connectivity index (χ0v) is 7.56. The minimum Gasteiger partial charge on any atom is -0.482 e. The molecule has 0 spiro atoms. The highest BCUT2D eigenvalue weighted by molar-refractivity contribution is 6.01. The minimum atomic E-state index is 0.0364. The summed E-state index contributed by atoms with van der Waals surface area (Å²) in [6.45, 7) is 0.816. The van der Waals surface area contributed by atoms with Crippen molar-refractivity contribution in [1.82, 2.24) is 0 Å². The molecular weight excluding hydrogens is 178 g/mol. The number of carbonyl (C=O) groups excluding carboxylic acids is 1. The molecule has 70 valence electrons. The Hall–Kier alpha value is -1.77. The molecule has 0 unspecified atom stereocenters. The van der Waals surface area contributed by atoms with Gasteiger partial charge in [-0.3, -0.25) is 4.79 Å². The molecule has 0 bridgehead atoms. The SMILES string of the molecule is O=C1COc2cccc3c2N1CC=C3. The molecule has 0 N–H and O–H groups in total. The van der Waals surface area contributed by atoms with Gasteiger partial charge in [0.2, 0.25) is 0 Å². The largest absolute Gasteiger partial charge is 0.482 e. The quantitative estimate of drug-likeness (QED) is 0.615. The molecule has 3 heteroatoms. The number of para-hydroxylation sites is 1. The van der Waals surface area contributed by atoms with E-state index >= 15 is 0 Å². The fourth-order valence-electron chi connectivity index (χ4n) is 1.90. The molecule has 0 saturated heterocycles. The van der Waals surface area contributed by atoms with E-state index in [1.165, 1.54) is 0 Å². The summed E-state index contributed by atoms with van der Waals surface area (Å²) in [7, 11) is 0. The van der Waals surface area contributed by atoms with Gasteiger partial charge in [-0.25, -0.2) is 0 Å². The van der Waals surface area contributed by atoms with Crippen molar-refractivity contribution in [2.75, 3.05) is 18.1 Å². The molecule has 0 aliphatic carbocycles. The van der Waals surface area contributed by atoms with E-state index in [0.29, 0.717) is 6.54 Å². The Bertz CT molecular complexity index is 437. The molecule has 0 fully saturated rings. The average Bonchev–Trinajstić information content (AvgIpc) is 2.24. The molecule has 0 saturated carbocycles. The van der Waals surface area contributed by atoms with Crippen LogP contribution in [0.25, 0.3) is 6.08 Å². The van der Waals surface area contributed by atoms with E-state index in [9.17, 15) is 4.79 Å². The van der Waals surface area contributed by atoms with E-state index in [1.54, 1.807) is 4.90 Å². The predicted molar refractivity (Wildman–Crippen MR) is 53.3 cm³/mol. The van der Waals surface area contributed by atoms with Gasteiger partial charge in [0.15, 0.2) is 6.61 Å². The summed E-state index contributed by atoms with van der Waals surface area (Å²) in [5.74, 6) is 0.848. The Kier molecular flexibility index (Phi) is 1.42. The molecule has 2 aliphatic heterocycles. The van der Waals surface area contributed by atoms with E-state index in [-0.39, 0.29) is 12.5 Å². The van der Waals surface area contributed by atoms with Crippen LogP contribution in [0.2, 0.25) is 0 Å². The van der Waals surface area contributed by atoms with Crippen LogP contribution >= 0.6 is 0 Å². The third kappa shape index (κ3) is 0.894. The number of anilines is 1. The maximum absolute atomic E-state index is 11.5. The lowest BCUT2D eigenvalue weighted by atomic mass is 10.1. The molecule has 0 atom stereocenters. The molecule has 0 aromatic heterocycles. The molecule has 14 heavy (non-hydrogen) atoms. The van der Waals surface area contributed by atoms with Crippen molar-refractivity contribution in [3.8, 4) is 5.75 Å². The number of ether oxygens (including phenoxy) is 1. The number of hydrogen-bond acceptors (Lipinski definition) is 2. The Morgan fingerprint density at radius 2 is 2.29 bits per heavy atom. The maximum Gasteiger partial charge on any atom is 0.265 e. The highest BCUT2D eigenvalue weighted by atomic mass is 16.5. The molecule has 3 rings (SSSR count). The zero-order chi connectivity index (χ0) is 9.54. The van der Waals surface area contributed by atoms with Crippen molar-refractivity contribution in [3.63, 3.8) is 0 Å². The first-order chi connectivity index (χ1) is 6.86. The molecule has 1 aromatic rings. The molecule has 2 heterocycles. The number of rotatable bonds is 0. The second-order valence-corrected chi connectivity index (χ2v) is 3.39. The van der Waals surface area contributed by atoms with Gasteiger partial charge in [0.05, 0.1) is 5.69 Å². The first kappa shape index (κ1) is 7.62. The lowest BCUT2D eigenvalue weighted by Gasteiger charge is -2.31. The molecule has 0 radical (unpaired) electrons. The van der Waals surface area contributed by atoms with Crippen molar-refractivity contribution >= 4 is 17.7 Å². The Morgan fingerprint density at radius 1 is 1.36 bits per heavy atom. The van der Waals surface area contributed by atoms with Crippen LogP contribution in [-0.2, 0) is 4.79 Å². The van der Waals surface area contributed by atoms with Crippen LogP contribution in [0.1, 0.15) is 5.56 Å². The fourth-order valence-corrected chi connectivity index (χ4v) is 1.90.